The lowest BCUT2D eigenvalue weighted by molar-refractivity contribution is -0.121. The van der Waals surface area contributed by atoms with Crippen LogP contribution in [0.3, 0.4) is 0 Å². The Hall–Kier alpha value is -2.24. The lowest BCUT2D eigenvalue weighted by atomic mass is 10.2. The van der Waals surface area contributed by atoms with E-state index in [1.807, 2.05) is 0 Å². The van der Waals surface area contributed by atoms with Crippen molar-refractivity contribution in [1.29, 1.82) is 0 Å². The normalized spacial score (nSPS) is 17.3. The molecule has 124 valence electrons. The van der Waals surface area contributed by atoms with Gasteiger partial charge in [0.2, 0.25) is 5.91 Å². The molecule has 0 radical (unpaired) electrons. The predicted molar refractivity (Wildman–Crippen MR) is 94.0 cm³/mol. The van der Waals surface area contributed by atoms with Gasteiger partial charge in [0, 0.05) is 5.69 Å². The molecule has 5 nitrogen and oxygen atoms in total. The first-order valence-electron chi connectivity index (χ1n) is 7.22. The van der Waals surface area contributed by atoms with Gasteiger partial charge in [-0.3, -0.25) is 9.59 Å². The summed E-state index contributed by atoms with van der Waals surface area (Å²) < 4.78 is 5.24. The summed E-state index contributed by atoms with van der Waals surface area (Å²) in [6.07, 6.45) is 0.0527. The van der Waals surface area contributed by atoms with Gasteiger partial charge >= 0.3 is 0 Å². The Morgan fingerprint density at radius 1 is 1.12 bits per heavy atom. The molecule has 1 saturated heterocycles. The molecular formula is C17H14Cl2N2O3. The van der Waals surface area contributed by atoms with Crippen LogP contribution in [0.4, 0.5) is 11.4 Å². The van der Waals surface area contributed by atoms with Crippen molar-refractivity contribution in [2.45, 2.75) is 12.5 Å². The zero-order chi connectivity index (χ0) is 17.3. The van der Waals surface area contributed by atoms with Crippen LogP contribution in [-0.2, 0) is 9.59 Å². The van der Waals surface area contributed by atoms with Crippen LogP contribution in [0.5, 0.6) is 5.75 Å². The summed E-state index contributed by atoms with van der Waals surface area (Å²) in [5.41, 5.74) is 1.06. The van der Waals surface area contributed by atoms with E-state index in [-0.39, 0.29) is 18.2 Å². The van der Waals surface area contributed by atoms with Gasteiger partial charge in [0.05, 0.1) is 29.3 Å². The molecule has 0 aromatic heterocycles. The molecule has 24 heavy (non-hydrogen) atoms. The average Bonchev–Trinajstić information content (AvgIpc) is 2.85. The highest BCUT2D eigenvalue weighted by molar-refractivity contribution is 6.42. The van der Waals surface area contributed by atoms with Crippen LogP contribution in [0, 0.1) is 0 Å². The number of anilines is 2. The smallest absolute Gasteiger partial charge is 0.256 e. The third-order valence-electron chi connectivity index (χ3n) is 3.73. The van der Waals surface area contributed by atoms with Gasteiger partial charge in [0.15, 0.2) is 0 Å². The first-order valence-corrected chi connectivity index (χ1v) is 7.98. The minimum atomic E-state index is -0.667. The zero-order valence-corrected chi connectivity index (χ0v) is 14.3. The summed E-state index contributed by atoms with van der Waals surface area (Å²) in [5, 5.41) is 3.83. The average molecular weight is 365 g/mol. The molecule has 3 rings (SSSR count). The second kappa shape index (κ2) is 6.71. The van der Waals surface area contributed by atoms with Gasteiger partial charge in [-0.15, -0.1) is 0 Å². The van der Waals surface area contributed by atoms with Gasteiger partial charge in [0.25, 0.3) is 5.91 Å². The third kappa shape index (κ3) is 3.05. The first-order chi connectivity index (χ1) is 11.5. The van der Waals surface area contributed by atoms with Gasteiger partial charge in [-0.2, -0.15) is 0 Å². The van der Waals surface area contributed by atoms with E-state index in [2.05, 4.69) is 5.32 Å². The first kappa shape index (κ1) is 16.6. The number of nitrogens with zero attached hydrogens (tertiary/aromatic N) is 1. The lowest BCUT2D eigenvalue weighted by Gasteiger charge is -2.18. The number of methoxy groups -OCH3 is 1. The molecule has 0 bridgehead atoms. The standard InChI is InChI=1S/C17H14Cl2N2O3/c1-24-15-5-3-2-4-14(15)21-16(22)9-13(17(21)23)20-10-6-7-11(18)12(19)8-10/h2-8,13,20H,9H2,1H3/t13-/m1/s1. The van der Waals surface area contributed by atoms with Crippen molar-refractivity contribution in [2.75, 3.05) is 17.3 Å². The van der Waals surface area contributed by atoms with Gasteiger partial charge in [-0.1, -0.05) is 35.3 Å². The highest BCUT2D eigenvalue weighted by Crippen LogP contribution is 2.33. The maximum atomic E-state index is 12.7. The lowest BCUT2D eigenvalue weighted by Crippen LogP contribution is -2.35. The van der Waals surface area contributed by atoms with Crippen molar-refractivity contribution >= 4 is 46.4 Å². The number of rotatable bonds is 4. The van der Waals surface area contributed by atoms with E-state index in [0.29, 0.717) is 27.2 Å². The highest BCUT2D eigenvalue weighted by atomic mass is 35.5. The number of imide groups is 1. The van der Waals surface area contributed by atoms with E-state index >= 15 is 0 Å². The number of hydrogen-bond acceptors (Lipinski definition) is 4. The number of benzene rings is 2. The number of para-hydroxylation sites is 2. The maximum Gasteiger partial charge on any atom is 0.256 e. The van der Waals surface area contributed by atoms with Crippen molar-refractivity contribution in [2.24, 2.45) is 0 Å². The SMILES string of the molecule is COc1ccccc1N1C(=O)C[C@@H](Nc2ccc(Cl)c(Cl)c2)C1=O. The second-order valence-electron chi connectivity index (χ2n) is 5.27. The monoisotopic (exact) mass is 364 g/mol. The molecule has 0 spiro atoms. The van der Waals surface area contributed by atoms with Crippen molar-refractivity contribution in [3.63, 3.8) is 0 Å². The van der Waals surface area contributed by atoms with Crippen molar-refractivity contribution in [3.8, 4) is 5.75 Å². The largest absolute Gasteiger partial charge is 0.495 e. The molecule has 2 amide bonds. The second-order valence-corrected chi connectivity index (χ2v) is 6.08. The van der Waals surface area contributed by atoms with E-state index in [1.54, 1.807) is 42.5 Å². The van der Waals surface area contributed by atoms with Gasteiger partial charge in [-0.25, -0.2) is 4.90 Å². The number of amides is 2. The molecule has 1 N–H and O–H groups in total. The van der Waals surface area contributed by atoms with Crippen molar-refractivity contribution in [3.05, 3.63) is 52.5 Å². The molecule has 0 unspecified atom stereocenters. The minimum Gasteiger partial charge on any atom is -0.495 e. The molecule has 0 aliphatic carbocycles. The fourth-order valence-electron chi connectivity index (χ4n) is 2.60. The van der Waals surface area contributed by atoms with Crippen LogP contribution in [0.2, 0.25) is 10.0 Å². The Morgan fingerprint density at radius 3 is 2.58 bits per heavy atom. The molecule has 2 aromatic carbocycles. The van der Waals surface area contributed by atoms with E-state index in [4.69, 9.17) is 27.9 Å². The number of carbonyl (C=O) groups excluding carboxylic acids is 2. The Morgan fingerprint density at radius 2 is 1.88 bits per heavy atom. The quantitative estimate of drug-likeness (QED) is 0.839. The Labute approximate surface area is 149 Å². The molecule has 1 atom stereocenters. The fourth-order valence-corrected chi connectivity index (χ4v) is 2.90. The summed E-state index contributed by atoms with van der Waals surface area (Å²) >= 11 is 11.9. The molecule has 1 aliphatic heterocycles. The van der Waals surface area contributed by atoms with Crippen molar-refractivity contribution in [1.82, 2.24) is 0 Å². The third-order valence-corrected chi connectivity index (χ3v) is 4.47. The maximum absolute atomic E-state index is 12.7. The van der Waals surface area contributed by atoms with E-state index in [0.717, 1.165) is 4.90 Å². The fraction of sp³-hybridized carbons (Fsp3) is 0.176. The summed E-state index contributed by atoms with van der Waals surface area (Å²) in [5.74, 6) is -0.160. The van der Waals surface area contributed by atoms with Gasteiger partial charge < -0.3 is 10.1 Å². The van der Waals surface area contributed by atoms with Crippen LogP contribution in [0.15, 0.2) is 42.5 Å². The minimum absolute atomic E-state index is 0.0527. The zero-order valence-electron chi connectivity index (χ0n) is 12.8. The van der Waals surface area contributed by atoms with E-state index in [1.165, 1.54) is 7.11 Å². The van der Waals surface area contributed by atoms with Gasteiger partial charge in [-0.05, 0) is 30.3 Å². The van der Waals surface area contributed by atoms with Crippen LogP contribution >= 0.6 is 23.2 Å². The topological polar surface area (TPSA) is 58.6 Å². The van der Waals surface area contributed by atoms with Crippen LogP contribution < -0.4 is 15.0 Å². The van der Waals surface area contributed by atoms with Crippen LogP contribution in [0.1, 0.15) is 6.42 Å². The molecule has 2 aromatic rings. The molecule has 0 saturated carbocycles. The summed E-state index contributed by atoms with van der Waals surface area (Å²) in [6, 6.07) is 11.2. The number of nitrogens with one attached hydrogen (secondary N) is 1. The summed E-state index contributed by atoms with van der Waals surface area (Å²) in [6.45, 7) is 0. The number of hydrogen-bond donors (Lipinski definition) is 1. The highest BCUT2D eigenvalue weighted by Gasteiger charge is 2.40. The summed E-state index contributed by atoms with van der Waals surface area (Å²) in [4.78, 5) is 26.2. The van der Waals surface area contributed by atoms with E-state index in [9.17, 15) is 9.59 Å². The molecule has 7 heteroatoms. The van der Waals surface area contributed by atoms with Crippen LogP contribution in [0.25, 0.3) is 0 Å². The molecular weight excluding hydrogens is 351 g/mol. The molecule has 1 fully saturated rings. The van der Waals surface area contributed by atoms with E-state index < -0.39 is 6.04 Å². The van der Waals surface area contributed by atoms with Crippen LogP contribution in [-0.4, -0.2) is 25.0 Å². The predicted octanol–water partition coefficient (Wildman–Crippen LogP) is 3.75. The molecule has 1 aliphatic rings. The Bertz CT molecular complexity index is 810. The summed E-state index contributed by atoms with van der Waals surface area (Å²) in [7, 11) is 1.50. The Balaban J connectivity index is 1.85. The van der Waals surface area contributed by atoms with Crippen molar-refractivity contribution < 1.29 is 14.3 Å². The Kier molecular flexibility index (Phi) is 4.64. The number of carbonyl (C=O) groups is 2. The van der Waals surface area contributed by atoms with Gasteiger partial charge in [0.1, 0.15) is 11.8 Å². The molecule has 1 heterocycles. The number of halogens is 2. The number of ether oxygens (including phenoxy) is 1.